The van der Waals surface area contributed by atoms with Gasteiger partial charge in [0, 0.05) is 18.2 Å². The van der Waals surface area contributed by atoms with Crippen LogP contribution >= 0.6 is 0 Å². The summed E-state index contributed by atoms with van der Waals surface area (Å²) in [5.41, 5.74) is 3.32. The van der Waals surface area contributed by atoms with Crippen molar-refractivity contribution < 1.29 is 9.53 Å². The molecule has 0 atom stereocenters. The van der Waals surface area contributed by atoms with Gasteiger partial charge in [-0.25, -0.2) is 4.68 Å². The number of hydrogen-bond acceptors (Lipinski definition) is 4. The van der Waals surface area contributed by atoms with Crippen LogP contribution in [0, 0.1) is 6.92 Å². The van der Waals surface area contributed by atoms with Crippen molar-refractivity contribution in [2.45, 2.75) is 20.0 Å². The number of nitrogens with zero attached hydrogens (tertiary/aromatic N) is 2. The van der Waals surface area contributed by atoms with Crippen molar-refractivity contribution in [2.75, 3.05) is 7.11 Å². The van der Waals surface area contributed by atoms with Gasteiger partial charge in [0.05, 0.1) is 12.8 Å². The van der Waals surface area contributed by atoms with Crippen LogP contribution < -0.4 is 15.6 Å². The largest absolute Gasteiger partial charge is 0.497 e. The zero-order chi connectivity index (χ0) is 19.2. The molecule has 6 nitrogen and oxygen atoms in total. The molecule has 1 aromatic heterocycles. The highest BCUT2D eigenvalue weighted by Gasteiger charge is 2.08. The fourth-order valence-corrected chi connectivity index (χ4v) is 2.58. The highest BCUT2D eigenvalue weighted by Crippen LogP contribution is 2.15. The summed E-state index contributed by atoms with van der Waals surface area (Å²) in [5.74, 6) is 0.482. The second-order valence-electron chi connectivity index (χ2n) is 6.21. The number of amides is 1. The topological polar surface area (TPSA) is 73.2 Å². The molecule has 1 amide bonds. The van der Waals surface area contributed by atoms with E-state index in [2.05, 4.69) is 10.4 Å². The number of carbonyl (C=O) groups is 1. The van der Waals surface area contributed by atoms with Gasteiger partial charge in [-0.05, 0) is 30.7 Å². The van der Waals surface area contributed by atoms with Crippen molar-refractivity contribution in [1.82, 2.24) is 15.1 Å². The van der Waals surface area contributed by atoms with Crippen LogP contribution in [-0.4, -0.2) is 22.8 Å². The van der Waals surface area contributed by atoms with Gasteiger partial charge in [0.15, 0.2) is 0 Å². The third-order valence-corrected chi connectivity index (χ3v) is 4.16. The fraction of sp³-hybridized carbons (Fsp3) is 0.190. The van der Waals surface area contributed by atoms with Crippen molar-refractivity contribution in [3.63, 3.8) is 0 Å². The van der Waals surface area contributed by atoms with E-state index in [9.17, 15) is 9.59 Å². The summed E-state index contributed by atoms with van der Waals surface area (Å²) in [6, 6.07) is 18.4. The van der Waals surface area contributed by atoms with E-state index in [1.807, 2.05) is 55.5 Å². The van der Waals surface area contributed by atoms with Gasteiger partial charge >= 0.3 is 0 Å². The van der Waals surface area contributed by atoms with Crippen LogP contribution in [0.25, 0.3) is 11.3 Å². The van der Waals surface area contributed by atoms with Gasteiger partial charge < -0.3 is 10.1 Å². The van der Waals surface area contributed by atoms with E-state index < -0.39 is 0 Å². The molecule has 3 rings (SSSR count). The summed E-state index contributed by atoms with van der Waals surface area (Å²) in [5, 5.41) is 7.12. The summed E-state index contributed by atoms with van der Waals surface area (Å²) in [6.45, 7) is 2.25. The molecule has 6 heteroatoms. The second kappa shape index (κ2) is 8.31. The van der Waals surface area contributed by atoms with Gasteiger partial charge in [0.1, 0.15) is 12.3 Å². The van der Waals surface area contributed by atoms with Crippen LogP contribution in [0.2, 0.25) is 0 Å². The number of aromatic nitrogens is 2. The van der Waals surface area contributed by atoms with E-state index in [1.54, 1.807) is 13.2 Å². The van der Waals surface area contributed by atoms with Crippen LogP contribution in [0.4, 0.5) is 0 Å². The zero-order valence-electron chi connectivity index (χ0n) is 15.3. The van der Waals surface area contributed by atoms with Gasteiger partial charge in [0.25, 0.3) is 5.56 Å². The molecule has 138 valence electrons. The lowest BCUT2D eigenvalue weighted by Gasteiger charge is -2.09. The quantitative estimate of drug-likeness (QED) is 0.730. The Balaban J connectivity index is 1.67. The van der Waals surface area contributed by atoms with Crippen LogP contribution in [0.1, 0.15) is 11.1 Å². The molecule has 27 heavy (non-hydrogen) atoms. The third kappa shape index (κ3) is 4.82. The molecule has 0 aliphatic rings. The second-order valence-corrected chi connectivity index (χ2v) is 6.21. The molecule has 1 N–H and O–H groups in total. The first kappa shape index (κ1) is 18.4. The van der Waals surface area contributed by atoms with E-state index in [0.717, 1.165) is 22.4 Å². The fourth-order valence-electron chi connectivity index (χ4n) is 2.58. The van der Waals surface area contributed by atoms with Crippen LogP contribution in [0.3, 0.4) is 0 Å². The molecule has 0 saturated carbocycles. The minimum absolute atomic E-state index is 0.130. The molecule has 0 aliphatic heterocycles. The molecular formula is C21H21N3O3. The van der Waals surface area contributed by atoms with Crippen molar-refractivity contribution in [1.29, 1.82) is 0 Å². The molecule has 0 saturated heterocycles. The number of hydrogen-bond donors (Lipinski definition) is 1. The minimum atomic E-state index is -0.314. The average Bonchev–Trinajstić information content (AvgIpc) is 2.69. The van der Waals surface area contributed by atoms with E-state index in [-0.39, 0.29) is 18.0 Å². The Labute approximate surface area is 157 Å². The number of benzene rings is 2. The van der Waals surface area contributed by atoms with E-state index >= 15 is 0 Å². The van der Waals surface area contributed by atoms with Gasteiger partial charge in [-0.3, -0.25) is 9.59 Å². The SMILES string of the molecule is COc1ccc(CNC(=O)Cn2nc(-c3ccc(C)cc3)ccc2=O)cc1. The first-order valence-electron chi connectivity index (χ1n) is 8.60. The van der Waals surface area contributed by atoms with Crippen molar-refractivity contribution >= 4 is 5.91 Å². The van der Waals surface area contributed by atoms with Crippen molar-refractivity contribution in [3.05, 3.63) is 82.1 Å². The lowest BCUT2D eigenvalue weighted by molar-refractivity contribution is -0.122. The summed E-state index contributed by atoms with van der Waals surface area (Å²) < 4.78 is 6.29. The highest BCUT2D eigenvalue weighted by atomic mass is 16.5. The lowest BCUT2D eigenvalue weighted by atomic mass is 10.1. The minimum Gasteiger partial charge on any atom is -0.497 e. The average molecular weight is 363 g/mol. The Morgan fingerprint density at radius 3 is 2.41 bits per heavy atom. The molecule has 0 fully saturated rings. The number of carbonyl (C=O) groups excluding carboxylic acids is 1. The van der Waals surface area contributed by atoms with Gasteiger partial charge in [0.2, 0.25) is 5.91 Å². The Hall–Kier alpha value is -3.41. The molecule has 0 bridgehead atoms. The van der Waals surface area contributed by atoms with Gasteiger partial charge in [-0.1, -0.05) is 42.0 Å². The molecule has 2 aromatic carbocycles. The summed E-state index contributed by atoms with van der Waals surface area (Å²) in [6.07, 6.45) is 0. The number of aryl methyl sites for hydroxylation is 1. The number of nitrogens with one attached hydrogen (secondary N) is 1. The first-order chi connectivity index (χ1) is 13.0. The van der Waals surface area contributed by atoms with E-state index in [0.29, 0.717) is 12.2 Å². The maximum Gasteiger partial charge on any atom is 0.267 e. The van der Waals surface area contributed by atoms with Crippen molar-refractivity contribution in [3.8, 4) is 17.0 Å². The molecule has 1 heterocycles. The number of methoxy groups -OCH3 is 1. The van der Waals surface area contributed by atoms with Crippen LogP contribution in [-0.2, 0) is 17.9 Å². The molecule has 0 aliphatic carbocycles. The third-order valence-electron chi connectivity index (χ3n) is 4.16. The zero-order valence-corrected chi connectivity index (χ0v) is 15.3. The standard InChI is InChI=1S/C21H21N3O3/c1-15-3-7-17(8-4-15)19-11-12-21(26)24(23-19)14-20(25)22-13-16-5-9-18(27-2)10-6-16/h3-12H,13-14H2,1-2H3,(H,22,25). The smallest absolute Gasteiger partial charge is 0.267 e. The Bertz CT molecular complexity index is 977. The Morgan fingerprint density at radius 1 is 1.04 bits per heavy atom. The summed E-state index contributed by atoms with van der Waals surface area (Å²) in [7, 11) is 1.60. The summed E-state index contributed by atoms with van der Waals surface area (Å²) >= 11 is 0. The monoisotopic (exact) mass is 363 g/mol. The van der Waals surface area contributed by atoms with Crippen LogP contribution in [0.15, 0.2) is 65.5 Å². The lowest BCUT2D eigenvalue weighted by Crippen LogP contribution is -2.33. The maximum absolute atomic E-state index is 12.2. The predicted octanol–water partition coefficient (Wildman–Crippen LogP) is 2.54. The molecular weight excluding hydrogens is 342 g/mol. The molecule has 0 spiro atoms. The Morgan fingerprint density at radius 2 is 1.74 bits per heavy atom. The summed E-state index contributed by atoms with van der Waals surface area (Å²) in [4.78, 5) is 24.3. The molecule has 0 radical (unpaired) electrons. The predicted molar refractivity (Wildman–Crippen MR) is 104 cm³/mol. The normalized spacial score (nSPS) is 10.4. The van der Waals surface area contributed by atoms with E-state index in [4.69, 9.17) is 4.74 Å². The number of rotatable bonds is 6. The van der Waals surface area contributed by atoms with Crippen molar-refractivity contribution in [2.24, 2.45) is 0 Å². The van der Waals surface area contributed by atoms with Crippen LogP contribution in [0.5, 0.6) is 5.75 Å². The maximum atomic E-state index is 12.2. The Kier molecular flexibility index (Phi) is 5.66. The molecule has 3 aromatic rings. The highest BCUT2D eigenvalue weighted by molar-refractivity contribution is 5.75. The van der Waals surface area contributed by atoms with Gasteiger partial charge in [-0.2, -0.15) is 5.10 Å². The molecule has 0 unspecified atom stereocenters. The van der Waals surface area contributed by atoms with E-state index in [1.165, 1.54) is 10.7 Å². The van der Waals surface area contributed by atoms with Gasteiger partial charge in [-0.15, -0.1) is 0 Å². The number of ether oxygens (including phenoxy) is 1. The first-order valence-corrected chi connectivity index (χ1v) is 8.60.